The van der Waals surface area contributed by atoms with Gasteiger partial charge in [-0.15, -0.1) is 0 Å². The van der Waals surface area contributed by atoms with E-state index in [1.54, 1.807) is 18.0 Å². The molecule has 1 unspecified atom stereocenters. The summed E-state index contributed by atoms with van der Waals surface area (Å²) in [4.78, 5) is 0. The Morgan fingerprint density at radius 3 is 2.71 bits per heavy atom. The molecule has 1 atom stereocenters. The smallest absolute Gasteiger partial charge is 0.257 e. The summed E-state index contributed by atoms with van der Waals surface area (Å²) in [7, 11) is -2.28. The number of ether oxygens (including phenoxy) is 2. The number of sulfonamides is 1. The molecule has 1 aliphatic rings. The molecule has 1 saturated heterocycles. The molecule has 1 aromatic carbocycles. The standard InChI is InChI=1S/C16H21N3O4S/c1-22-14-6-4-12(5-7-14)9-13-10-19(11-15-3-2-8-23-15)18-16(13)24(17,20)21/h4-7,10,15H,2-3,8-9,11H2,1H3,(H2,17,20,21). The summed E-state index contributed by atoms with van der Waals surface area (Å²) >= 11 is 0. The summed E-state index contributed by atoms with van der Waals surface area (Å²) < 4.78 is 36.0. The minimum absolute atomic E-state index is 0.0729. The lowest BCUT2D eigenvalue weighted by Crippen LogP contribution is -2.18. The summed E-state index contributed by atoms with van der Waals surface area (Å²) in [5, 5.41) is 9.42. The van der Waals surface area contributed by atoms with Crippen molar-refractivity contribution in [3.05, 3.63) is 41.6 Å². The first kappa shape index (κ1) is 16.9. The van der Waals surface area contributed by atoms with Crippen LogP contribution in [-0.4, -0.2) is 38.0 Å². The molecule has 0 aliphatic carbocycles. The largest absolute Gasteiger partial charge is 0.497 e. The van der Waals surface area contributed by atoms with E-state index in [1.165, 1.54) is 0 Å². The zero-order valence-electron chi connectivity index (χ0n) is 13.5. The zero-order valence-corrected chi connectivity index (χ0v) is 14.3. The van der Waals surface area contributed by atoms with Gasteiger partial charge in [-0.1, -0.05) is 12.1 Å². The van der Waals surface area contributed by atoms with Crippen LogP contribution in [0.5, 0.6) is 5.75 Å². The number of benzene rings is 1. The van der Waals surface area contributed by atoms with E-state index in [9.17, 15) is 8.42 Å². The van der Waals surface area contributed by atoms with Gasteiger partial charge in [-0.25, -0.2) is 13.6 Å². The Balaban J connectivity index is 1.85. The molecular formula is C16H21N3O4S. The van der Waals surface area contributed by atoms with Crippen LogP contribution in [0.1, 0.15) is 24.0 Å². The van der Waals surface area contributed by atoms with Crippen molar-refractivity contribution < 1.29 is 17.9 Å². The number of nitrogens with two attached hydrogens (primary N) is 1. The van der Waals surface area contributed by atoms with E-state index in [4.69, 9.17) is 14.6 Å². The Labute approximate surface area is 141 Å². The lowest BCUT2D eigenvalue weighted by molar-refractivity contribution is 0.0937. The van der Waals surface area contributed by atoms with Gasteiger partial charge in [-0.3, -0.25) is 4.68 Å². The summed E-state index contributed by atoms with van der Waals surface area (Å²) in [6, 6.07) is 7.46. The summed E-state index contributed by atoms with van der Waals surface area (Å²) in [5.74, 6) is 0.750. The zero-order chi connectivity index (χ0) is 17.2. The first-order valence-corrected chi connectivity index (χ1v) is 9.34. The highest BCUT2D eigenvalue weighted by atomic mass is 32.2. The number of methoxy groups -OCH3 is 1. The predicted molar refractivity (Wildman–Crippen MR) is 88.4 cm³/mol. The minimum Gasteiger partial charge on any atom is -0.497 e. The molecule has 24 heavy (non-hydrogen) atoms. The van der Waals surface area contributed by atoms with Crippen LogP contribution in [0.2, 0.25) is 0 Å². The number of hydrogen-bond donors (Lipinski definition) is 1. The third-order valence-electron chi connectivity index (χ3n) is 4.04. The van der Waals surface area contributed by atoms with Crippen LogP contribution in [0.4, 0.5) is 0 Å². The molecule has 1 fully saturated rings. The highest BCUT2D eigenvalue weighted by Gasteiger charge is 2.22. The van der Waals surface area contributed by atoms with Crippen molar-refractivity contribution >= 4 is 10.0 Å². The summed E-state index contributed by atoms with van der Waals surface area (Å²) in [6.45, 7) is 1.28. The van der Waals surface area contributed by atoms with E-state index >= 15 is 0 Å². The lowest BCUT2D eigenvalue weighted by atomic mass is 10.1. The molecule has 0 amide bonds. The van der Waals surface area contributed by atoms with Crippen molar-refractivity contribution in [2.75, 3.05) is 13.7 Å². The molecule has 2 N–H and O–H groups in total. The first-order valence-electron chi connectivity index (χ1n) is 7.79. The normalized spacial score (nSPS) is 18.0. The van der Waals surface area contributed by atoms with Gasteiger partial charge in [0.1, 0.15) is 5.75 Å². The molecule has 130 valence electrons. The van der Waals surface area contributed by atoms with E-state index in [0.717, 1.165) is 30.8 Å². The molecular weight excluding hydrogens is 330 g/mol. The van der Waals surface area contributed by atoms with Crippen LogP contribution in [0.15, 0.2) is 35.5 Å². The van der Waals surface area contributed by atoms with E-state index < -0.39 is 10.0 Å². The molecule has 0 radical (unpaired) electrons. The third-order valence-corrected chi connectivity index (χ3v) is 4.92. The van der Waals surface area contributed by atoms with Crippen molar-refractivity contribution in [3.8, 4) is 5.75 Å². The predicted octanol–water partition coefficient (Wildman–Crippen LogP) is 1.31. The Morgan fingerprint density at radius 1 is 1.38 bits per heavy atom. The van der Waals surface area contributed by atoms with E-state index in [-0.39, 0.29) is 11.1 Å². The molecule has 3 rings (SSSR count). The van der Waals surface area contributed by atoms with E-state index in [0.29, 0.717) is 18.5 Å². The molecule has 1 aliphatic heterocycles. The fraction of sp³-hybridized carbons (Fsp3) is 0.438. The van der Waals surface area contributed by atoms with E-state index in [1.807, 2.05) is 24.3 Å². The number of hydrogen-bond acceptors (Lipinski definition) is 5. The molecule has 0 saturated carbocycles. The Morgan fingerprint density at radius 2 is 2.12 bits per heavy atom. The van der Waals surface area contributed by atoms with Crippen LogP contribution in [0, 0.1) is 0 Å². The van der Waals surface area contributed by atoms with Gasteiger partial charge < -0.3 is 9.47 Å². The highest BCUT2D eigenvalue weighted by molar-refractivity contribution is 7.89. The Hall–Kier alpha value is -1.90. The van der Waals surface area contributed by atoms with Gasteiger partial charge in [-0.2, -0.15) is 5.10 Å². The fourth-order valence-electron chi connectivity index (χ4n) is 2.86. The maximum Gasteiger partial charge on any atom is 0.257 e. The highest BCUT2D eigenvalue weighted by Crippen LogP contribution is 2.21. The SMILES string of the molecule is COc1ccc(Cc2cn(CC3CCCO3)nc2S(N)(=O)=O)cc1. The maximum absolute atomic E-state index is 11.8. The topological polar surface area (TPSA) is 96.4 Å². The molecule has 1 aromatic heterocycles. The molecule has 2 heterocycles. The van der Waals surface area contributed by atoms with Gasteiger partial charge >= 0.3 is 0 Å². The van der Waals surface area contributed by atoms with Crippen molar-refractivity contribution in [1.29, 1.82) is 0 Å². The Bertz CT molecular complexity index is 793. The van der Waals surface area contributed by atoms with Gasteiger partial charge in [0.05, 0.1) is 19.8 Å². The van der Waals surface area contributed by atoms with Crippen molar-refractivity contribution in [2.24, 2.45) is 5.14 Å². The monoisotopic (exact) mass is 351 g/mol. The molecule has 0 bridgehead atoms. The van der Waals surface area contributed by atoms with Gasteiger partial charge in [0.15, 0.2) is 5.03 Å². The second-order valence-corrected chi connectivity index (χ2v) is 7.36. The van der Waals surface area contributed by atoms with Gasteiger partial charge in [-0.05, 0) is 30.5 Å². The molecule has 7 nitrogen and oxygen atoms in total. The van der Waals surface area contributed by atoms with Gasteiger partial charge in [0.2, 0.25) is 0 Å². The van der Waals surface area contributed by atoms with Gasteiger partial charge in [0.25, 0.3) is 10.0 Å². The summed E-state index contributed by atoms with van der Waals surface area (Å²) in [5.41, 5.74) is 1.54. The van der Waals surface area contributed by atoms with Crippen LogP contribution < -0.4 is 9.88 Å². The molecule has 8 heteroatoms. The van der Waals surface area contributed by atoms with Crippen LogP contribution in [0.25, 0.3) is 0 Å². The Kier molecular flexibility index (Phi) is 4.88. The second kappa shape index (κ2) is 6.92. The quantitative estimate of drug-likeness (QED) is 0.846. The van der Waals surface area contributed by atoms with Crippen molar-refractivity contribution in [1.82, 2.24) is 9.78 Å². The number of primary sulfonamides is 1. The second-order valence-electron chi connectivity index (χ2n) is 5.89. The molecule has 0 spiro atoms. The number of rotatable bonds is 6. The van der Waals surface area contributed by atoms with Crippen LogP contribution in [-0.2, 0) is 27.7 Å². The molecule has 2 aromatic rings. The maximum atomic E-state index is 11.8. The fourth-order valence-corrected chi connectivity index (χ4v) is 3.57. The van der Waals surface area contributed by atoms with Crippen molar-refractivity contribution in [2.45, 2.75) is 36.9 Å². The first-order chi connectivity index (χ1) is 11.5. The van der Waals surface area contributed by atoms with Crippen molar-refractivity contribution in [3.63, 3.8) is 0 Å². The summed E-state index contributed by atoms with van der Waals surface area (Å²) in [6.07, 6.45) is 4.23. The van der Waals surface area contributed by atoms with Gasteiger partial charge in [0, 0.05) is 24.8 Å². The van der Waals surface area contributed by atoms with E-state index in [2.05, 4.69) is 5.10 Å². The number of aromatic nitrogens is 2. The van der Waals surface area contributed by atoms with Crippen LogP contribution >= 0.6 is 0 Å². The van der Waals surface area contributed by atoms with Crippen LogP contribution in [0.3, 0.4) is 0 Å². The minimum atomic E-state index is -3.88. The third kappa shape index (κ3) is 3.95. The average molecular weight is 351 g/mol. The number of nitrogens with zero attached hydrogens (tertiary/aromatic N) is 2. The lowest BCUT2D eigenvalue weighted by Gasteiger charge is -2.08. The average Bonchev–Trinajstić information content (AvgIpc) is 3.18.